The number of likely N-dealkylation sites (tertiary alicyclic amines) is 1. The van der Waals surface area contributed by atoms with Crippen LogP contribution in [0.1, 0.15) is 23.3 Å². The summed E-state index contributed by atoms with van der Waals surface area (Å²) in [6.07, 6.45) is 3.96. The van der Waals surface area contributed by atoms with Gasteiger partial charge in [0.2, 0.25) is 0 Å². The first kappa shape index (κ1) is 15.6. The maximum absolute atomic E-state index is 12.8. The van der Waals surface area contributed by atoms with Crippen LogP contribution in [0.2, 0.25) is 0 Å². The molecule has 0 aliphatic carbocycles. The largest absolute Gasteiger partial charge is 0.337 e. The summed E-state index contributed by atoms with van der Waals surface area (Å²) in [5, 5.41) is 0. The van der Waals surface area contributed by atoms with Crippen molar-refractivity contribution in [2.75, 3.05) is 19.6 Å². The number of carbonyl (C=O) groups excluding carboxylic acids is 1. The Kier molecular flexibility index (Phi) is 4.83. The number of benzene rings is 1. The standard InChI is InChI=1S/C17H20IN3O/c18-14-3-1-4-15(11-14)21-8-2-5-16(21)17(22)20-9-6-13(12-19)7-10-20/h1-5,8,11,13H,6-7,9-10,12,19H2. The van der Waals surface area contributed by atoms with Gasteiger partial charge in [-0.05, 0) is 78.2 Å². The highest BCUT2D eigenvalue weighted by Gasteiger charge is 2.24. The minimum Gasteiger partial charge on any atom is -0.337 e. The molecule has 5 heteroatoms. The van der Waals surface area contributed by atoms with Gasteiger partial charge in [0.05, 0.1) is 0 Å². The first-order valence-electron chi connectivity index (χ1n) is 7.61. The molecule has 0 spiro atoms. The topological polar surface area (TPSA) is 51.3 Å². The third kappa shape index (κ3) is 3.20. The van der Waals surface area contributed by atoms with Crippen LogP contribution in [0.25, 0.3) is 5.69 Å². The van der Waals surface area contributed by atoms with Crippen LogP contribution < -0.4 is 5.73 Å². The van der Waals surface area contributed by atoms with Gasteiger partial charge in [0.1, 0.15) is 5.69 Å². The van der Waals surface area contributed by atoms with Crippen LogP contribution in [0.3, 0.4) is 0 Å². The third-order valence-electron chi connectivity index (χ3n) is 4.29. The molecule has 1 aliphatic rings. The number of halogens is 1. The summed E-state index contributed by atoms with van der Waals surface area (Å²) in [6.45, 7) is 2.33. The normalized spacial score (nSPS) is 16.0. The zero-order valence-corrected chi connectivity index (χ0v) is 14.6. The number of nitrogens with two attached hydrogens (primary N) is 1. The molecule has 0 radical (unpaired) electrons. The first-order valence-corrected chi connectivity index (χ1v) is 8.69. The molecule has 1 amide bonds. The van der Waals surface area contributed by atoms with Crippen molar-refractivity contribution >= 4 is 28.5 Å². The van der Waals surface area contributed by atoms with Crippen molar-refractivity contribution in [3.63, 3.8) is 0 Å². The van der Waals surface area contributed by atoms with Crippen molar-refractivity contribution in [3.05, 3.63) is 51.9 Å². The molecule has 1 aromatic heterocycles. The van der Waals surface area contributed by atoms with Gasteiger partial charge < -0.3 is 15.2 Å². The Morgan fingerprint density at radius 2 is 2.00 bits per heavy atom. The maximum atomic E-state index is 12.8. The number of rotatable bonds is 3. The molecule has 2 aromatic rings. The molecular formula is C17H20IN3O. The average Bonchev–Trinajstić information content (AvgIpc) is 3.04. The highest BCUT2D eigenvalue weighted by atomic mass is 127. The summed E-state index contributed by atoms with van der Waals surface area (Å²) in [5.41, 5.74) is 7.48. The van der Waals surface area contributed by atoms with Gasteiger partial charge in [-0.3, -0.25) is 4.79 Å². The summed E-state index contributed by atoms with van der Waals surface area (Å²) in [7, 11) is 0. The quantitative estimate of drug-likeness (QED) is 0.793. The Hall–Kier alpha value is -1.34. The predicted molar refractivity (Wildman–Crippen MR) is 96.2 cm³/mol. The number of carbonyl (C=O) groups is 1. The lowest BCUT2D eigenvalue weighted by atomic mass is 9.97. The molecule has 116 valence electrons. The van der Waals surface area contributed by atoms with Crippen LogP contribution in [0.5, 0.6) is 0 Å². The lowest BCUT2D eigenvalue weighted by molar-refractivity contribution is 0.0685. The Labute approximate surface area is 144 Å². The molecule has 1 aromatic carbocycles. The molecule has 1 aliphatic heterocycles. The minimum atomic E-state index is 0.110. The number of amides is 1. The highest BCUT2D eigenvalue weighted by molar-refractivity contribution is 14.1. The second-order valence-corrected chi connectivity index (χ2v) is 6.96. The predicted octanol–water partition coefficient (Wildman–Crippen LogP) is 2.89. The first-order chi connectivity index (χ1) is 10.7. The molecule has 4 nitrogen and oxygen atoms in total. The van der Waals surface area contributed by atoms with Crippen LogP contribution in [-0.2, 0) is 0 Å². The van der Waals surface area contributed by atoms with Gasteiger partial charge in [-0.15, -0.1) is 0 Å². The average molecular weight is 409 g/mol. The van der Waals surface area contributed by atoms with E-state index >= 15 is 0 Å². The molecule has 0 atom stereocenters. The molecule has 0 unspecified atom stereocenters. The van der Waals surface area contributed by atoms with Gasteiger partial charge in [-0.2, -0.15) is 0 Å². The molecule has 22 heavy (non-hydrogen) atoms. The van der Waals surface area contributed by atoms with Crippen molar-refractivity contribution in [1.82, 2.24) is 9.47 Å². The smallest absolute Gasteiger partial charge is 0.270 e. The van der Waals surface area contributed by atoms with E-state index in [0.717, 1.165) is 47.4 Å². The fourth-order valence-corrected chi connectivity index (χ4v) is 3.47. The summed E-state index contributed by atoms with van der Waals surface area (Å²) >= 11 is 2.29. The minimum absolute atomic E-state index is 0.110. The van der Waals surface area contributed by atoms with E-state index in [0.29, 0.717) is 5.92 Å². The van der Waals surface area contributed by atoms with Crippen molar-refractivity contribution < 1.29 is 4.79 Å². The van der Waals surface area contributed by atoms with E-state index in [9.17, 15) is 4.79 Å². The molecule has 2 heterocycles. The van der Waals surface area contributed by atoms with Gasteiger partial charge in [-0.1, -0.05) is 6.07 Å². The van der Waals surface area contributed by atoms with E-state index in [2.05, 4.69) is 28.7 Å². The monoisotopic (exact) mass is 409 g/mol. The van der Waals surface area contributed by atoms with Crippen LogP contribution in [-0.4, -0.2) is 35.0 Å². The maximum Gasteiger partial charge on any atom is 0.270 e. The lowest BCUT2D eigenvalue weighted by Gasteiger charge is -2.31. The van der Waals surface area contributed by atoms with Crippen molar-refractivity contribution in [3.8, 4) is 5.69 Å². The van der Waals surface area contributed by atoms with E-state index in [1.54, 1.807) is 0 Å². The van der Waals surface area contributed by atoms with Crippen LogP contribution >= 0.6 is 22.6 Å². The molecule has 0 bridgehead atoms. The summed E-state index contributed by atoms with van der Waals surface area (Å²) in [6, 6.07) is 12.0. The van der Waals surface area contributed by atoms with Gasteiger partial charge >= 0.3 is 0 Å². The van der Waals surface area contributed by atoms with E-state index < -0.39 is 0 Å². The molecule has 1 saturated heterocycles. The van der Waals surface area contributed by atoms with Crippen molar-refractivity contribution in [2.45, 2.75) is 12.8 Å². The van der Waals surface area contributed by atoms with Crippen LogP contribution in [0, 0.1) is 9.49 Å². The highest BCUT2D eigenvalue weighted by Crippen LogP contribution is 2.21. The fourth-order valence-electron chi connectivity index (χ4n) is 2.94. The summed E-state index contributed by atoms with van der Waals surface area (Å²) in [5.74, 6) is 0.672. The Balaban J connectivity index is 1.81. The molecular weight excluding hydrogens is 389 g/mol. The Bertz CT molecular complexity index is 659. The molecule has 2 N–H and O–H groups in total. The lowest BCUT2D eigenvalue weighted by Crippen LogP contribution is -2.40. The Morgan fingerprint density at radius 3 is 2.68 bits per heavy atom. The number of hydrogen-bond acceptors (Lipinski definition) is 2. The second kappa shape index (κ2) is 6.83. The van der Waals surface area contributed by atoms with Gasteiger partial charge in [0.25, 0.3) is 5.91 Å². The van der Waals surface area contributed by atoms with Crippen LogP contribution in [0.4, 0.5) is 0 Å². The van der Waals surface area contributed by atoms with E-state index in [-0.39, 0.29) is 5.91 Å². The SMILES string of the molecule is NCC1CCN(C(=O)c2cccn2-c2cccc(I)c2)CC1. The number of hydrogen-bond donors (Lipinski definition) is 1. The van der Waals surface area contributed by atoms with E-state index in [1.165, 1.54) is 0 Å². The third-order valence-corrected chi connectivity index (χ3v) is 4.96. The summed E-state index contributed by atoms with van der Waals surface area (Å²) in [4.78, 5) is 14.8. The molecule has 0 saturated carbocycles. The van der Waals surface area contributed by atoms with Gasteiger partial charge in [-0.25, -0.2) is 0 Å². The number of aromatic nitrogens is 1. The second-order valence-electron chi connectivity index (χ2n) is 5.71. The molecule has 3 rings (SSSR count). The zero-order valence-electron chi connectivity index (χ0n) is 12.4. The number of piperidine rings is 1. The van der Waals surface area contributed by atoms with Gasteiger partial charge in [0, 0.05) is 28.5 Å². The van der Waals surface area contributed by atoms with E-state index in [4.69, 9.17) is 5.73 Å². The van der Waals surface area contributed by atoms with Gasteiger partial charge in [0.15, 0.2) is 0 Å². The van der Waals surface area contributed by atoms with Crippen molar-refractivity contribution in [1.29, 1.82) is 0 Å². The van der Waals surface area contributed by atoms with E-state index in [1.807, 2.05) is 46.0 Å². The number of nitrogens with zero attached hydrogens (tertiary/aromatic N) is 2. The molecule has 1 fully saturated rings. The summed E-state index contributed by atoms with van der Waals surface area (Å²) < 4.78 is 3.13. The van der Waals surface area contributed by atoms with Crippen molar-refractivity contribution in [2.24, 2.45) is 11.7 Å². The zero-order chi connectivity index (χ0) is 15.5. The fraction of sp³-hybridized carbons (Fsp3) is 0.353. The van der Waals surface area contributed by atoms with Crippen LogP contribution in [0.15, 0.2) is 42.6 Å². The Morgan fingerprint density at radius 1 is 1.23 bits per heavy atom.